The van der Waals surface area contributed by atoms with Gasteiger partial charge in [-0.1, -0.05) is 13.0 Å². The largest absolute Gasteiger partial charge is 0.378 e. The topological polar surface area (TPSA) is 83.7 Å². The van der Waals surface area contributed by atoms with E-state index in [-0.39, 0.29) is 5.91 Å². The minimum atomic E-state index is 0.116. The first-order valence-corrected chi connectivity index (χ1v) is 10.7. The van der Waals surface area contributed by atoms with Crippen LogP contribution >= 0.6 is 11.8 Å². The molecule has 0 bridgehead atoms. The van der Waals surface area contributed by atoms with E-state index in [0.29, 0.717) is 56.7 Å². The van der Waals surface area contributed by atoms with Crippen LogP contribution in [0.25, 0.3) is 0 Å². The van der Waals surface area contributed by atoms with Gasteiger partial charge in [-0.2, -0.15) is 11.8 Å². The number of thioether (sulfide) groups is 1. The summed E-state index contributed by atoms with van der Waals surface area (Å²) in [5.41, 5.74) is 0. The van der Waals surface area contributed by atoms with Crippen LogP contribution in [0, 0.1) is 0 Å². The molecule has 0 spiro atoms. The molecule has 7 nitrogen and oxygen atoms in total. The first kappa shape index (κ1) is 21.3. The quantitative estimate of drug-likeness (QED) is 0.322. The maximum Gasteiger partial charge on any atom is 0.220 e. The van der Waals surface area contributed by atoms with Gasteiger partial charge >= 0.3 is 0 Å². The lowest BCUT2D eigenvalue weighted by molar-refractivity contribution is -0.121. The third kappa shape index (κ3) is 7.73. The lowest BCUT2D eigenvalue weighted by Gasteiger charge is -2.17. The number of hydrogen-bond donors (Lipinski definition) is 4. The summed E-state index contributed by atoms with van der Waals surface area (Å²) in [6.45, 7) is 7.75. The Labute approximate surface area is 161 Å². The Kier molecular flexibility index (Phi) is 10.2. The van der Waals surface area contributed by atoms with Gasteiger partial charge in [0, 0.05) is 30.5 Å². The lowest BCUT2D eigenvalue weighted by atomic mass is 10.0. The molecule has 0 radical (unpaired) electrons. The highest BCUT2D eigenvalue weighted by Crippen LogP contribution is 2.34. The zero-order valence-electron chi connectivity index (χ0n) is 15.9. The second kappa shape index (κ2) is 12.4. The van der Waals surface area contributed by atoms with E-state index in [1.165, 1.54) is 0 Å². The molecule has 0 unspecified atom stereocenters. The smallest absolute Gasteiger partial charge is 0.220 e. The van der Waals surface area contributed by atoms with E-state index in [2.05, 4.69) is 27.8 Å². The number of unbranched alkanes of at least 4 members (excludes halogenated alkanes) is 1. The molecule has 8 heteroatoms. The predicted molar refractivity (Wildman–Crippen MR) is 106 cm³/mol. The Balaban J connectivity index is 1.38. The first-order chi connectivity index (χ1) is 12.7. The van der Waals surface area contributed by atoms with Crippen LogP contribution in [0.1, 0.15) is 25.7 Å². The second-order valence-corrected chi connectivity index (χ2v) is 7.97. The highest BCUT2D eigenvalue weighted by molar-refractivity contribution is 8.00. The van der Waals surface area contributed by atoms with Gasteiger partial charge in [0.1, 0.15) is 0 Å². The van der Waals surface area contributed by atoms with Crippen LogP contribution in [0.15, 0.2) is 12.4 Å². The number of carbonyl (C=O) groups is 1. The van der Waals surface area contributed by atoms with Crippen LogP contribution in [-0.2, 0) is 14.3 Å². The molecule has 2 rings (SSSR count). The fourth-order valence-corrected chi connectivity index (χ4v) is 4.77. The van der Waals surface area contributed by atoms with Crippen LogP contribution in [0.4, 0.5) is 0 Å². The molecule has 3 atom stereocenters. The fraction of sp³-hybridized carbons (Fsp3) is 0.833. The minimum Gasteiger partial charge on any atom is -0.378 e. The molecule has 0 aromatic heterocycles. The van der Waals surface area contributed by atoms with Crippen molar-refractivity contribution in [2.75, 3.05) is 52.3 Å². The fourth-order valence-electron chi connectivity index (χ4n) is 3.23. The van der Waals surface area contributed by atoms with Gasteiger partial charge in [-0.3, -0.25) is 4.79 Å². The summed E-state index contributed by atoms with van der Waals surface area (Å²) in [5, 5.41) is 13.4. The van der Waals surface area contributed by atoms with Crippen molar-refractivity contribution in [3.63, 3.8) is 0 Å². The third-order valence-corrected chi connectivity index (χ3v) is 6.11. The standard InChI is InChI=1S/C18H34N4O3S/c1-14-21-15-13-26-16(18(15)22-14)5-3-4-6-17(23)20-8-10-25-12-11-24-9-7-19-2/h15-16,18-19,21-22H,1,3-13H2,2H3,(H,20,23)/t15-,16-,18-/m0/s1. The zero-order valence-corrected chi connectivity index (χ0v) is 16.7. The van der Waals surface area contributed by atoms with Crippen LogP contribution in [0.5, 0.6) is 0 Å². The van der Waals surface area contributed by atoms with E-state index in [0.717, 1.165) is 37.4 Å². The number of fused-ring (bicyclic) bond motifs is 1. The molecule has 2 heterocycles. The average molecular weight is 387 g/mol. The summed E-state index contributed by atoms with van der Waals surface area (Å²) in [6, 6.07) is 1.02. The molecule has 4 N–H and O–H groups in total. The Hall–Kier alpha value is -0.960. The van der Waals surface area contributed by atoms with E-state index < -0.39 is 0 Å². The van der Waals surface area contributed by atoms with E-state index in [1.54, 1.807) is 0 Å². The molecule has 2 fully saturated rings. The van der Waals surface area contributed by atoms with Crippen molar-refractivity contribution in [1.29, 1.82) is 0 Å². The molecule has 2 aliphatic heterocycles. The molecule has 150 valence electrons. The highest BCUT2D eigenvalue weighted by atomic mass is 32.2. The van der Waals surface area contributed by atoms with Gasteiger partial charge in [-0.15, -0.1) is 0 Å². The highest BCUT2D eigenvalue weighted by Gasteiger charge is 2.40. The van der Waals surface area contributed by atoms with Gasteiger partial charge in [0.15, 0.2) is 0 Å². The van der Waals surface area contributed by atoms with Gasteiger partial charge in [-0.25, -0.2) is 0 Å². The minimum absolute atomic E-state index is 0.116. The monoisotopic (exact) mass is 386 g/mol. The average Bonchev–Trinajstić information content (AvgIpc) is 3.16. The van der Waals surface area contributed by atoms with Crippen molar-refractivity contribution in [2.45, 2.75) is 43.0 Å². The molecular formula is C18H34N4O3S. The summed E-state index contributed by atoms with van der Waals surface area (Å²) < 4.78 is 10.8. The number of carbonyl (C=O) groups excluding carboxylic acids is 1. The Morgan fingerprint density at radius 1 is 1.19 bits per heavy atom. The van der Waals surface area contributed by atoms with Crippen molar-refractivity contribution in [3.05, 3.63) is 12.4 Å². The van der Waals surface area contributed by atoms with Crippen molar-refractivity contribution in [1.82, 2.24) is 21.3 Å². The second-order valence-electron chi connectivity index (χ2n) is 6.70. The van der Waals surface area contributed by atoms with Gasteiger partial charge in [0.05, 0.1) is 44.3 Å². The van der Waals surface area contributed by atoms with Crippen molar-refractivity contribution in [2.24, 2.45) is 0 Å². The Morgan fingerprint density at radius 2 is 1.96 bits per heavy atom. The van der Waals surface area contributed by atoms with Crippen molar-refractivity contribution in [3.8, 4) is 0 Å². The molecule has 2 saturated heterocycles. The van der Waals surface area contributed by atoms with Gasteiger partial charge in [0.25, 0.3) is 0 Å². The van der Waals surface area contributed by atoms with E-state index in [1.807, 2.05) is 18.8 Å². The number of hydrogen-bond acceptors (Lipinski definition) is 7. The van der Waals surface area contributed by atoms with E-state index in [4.69, 9.17) is 9.47 Å². The molecule has 0 aliphatic carbocycles. The van der Waals surface area contributed by atoms with Gasteiger partial charge in [-0.05, 0) is 19.9 Å². The van der Waals surface area contributed by atoms with Crippen molar-refractivity contribution < 1.29 is 14.3 Å². The summed E-state index contributed by atoms with van der Waals surface area (Å²) in [6.07, 6.45) is 3.77. The molecule has 0 saturated carbocycles. The van der Waals surface area contributed by atoms with Gasteiger partial charge in [0.2, 0.25) is 5.91 Å². The van der Waals surface area contributed by atoms with Crippen LogP contribution < -0.4 is 21.3 Å². The van der Waals surface area contributed by atoms with Gasteiger partial charge < -0.3 is 30.7 Å². The van der Waals surface area contributed by atoms with Crippen LogP contribution in [0.3, 0.4) is 0 Å². The van der Waals surface area contributed by atoms with E-state index >= 15 is 0 Å². The van der Waals surface area contributed by atoms with Crippen LogP contribution in [0.2, 0.25) is 0 Å². The number of nitrogens with one attached hydrogen (secondary N) is 4. The Bertz CT molecular complexity index is 439. The maximum absolute atomic E-state index is 11.8. The first-order valence-electron chi connectivity index (χ1n) is 9.61. The number of ether oxygens (including phenoxy) is 2. The zero-order chi connectivity index (χ0) is 18.6. The summed E-state index contributed by atoms with van der Waals surface area (Å²) in [5.74, 6) is 2.21. The van der Waals surface area contributed by atoms with Crippen molar-refractivity contribution >= 4 is 17.7 Å². The third-order valence-electron chi connectivity index (χ3n) is 4.60. The Morgan fingerprint density at radius 3 is 2.73 bits per heavy atom. The number of likely N-dealkylation sites (N-methyl/N-ethyl adjacent to an activating group) is 1. The summed E-state index contributed by atoms with van der Waals surface area (Å²) >= 11 is 2.03. The molecule has 2 aliphatic rings. The summed E-state index contributed by atoms with van der Waals surface area (Å²) in [7, 11) is 1.90. The molecule has 1 amide bonds. The maximum atomic E-state index is 11.8. The normalized spacial score (nSPS) is 24.2. The summed E-state index contributed by atoms with van der Waals surface area (Å²) in [4.78, 5) is 11.8. The number of amides is 1. The predicted octanol–water partition coefficient (Wildman–Crippen LogP) is 0.432. The SMILES string of the molecule is C=C1N[C@H]2[C@H](CS[C@H]2CCCCC(=O)NCCOCCOCCNC)N1. The van der Waals surface area contributed by atoms with E-state index in [9.17, 15) is 4.79 Å². The lowest BCUT2D eigenvalue weighted by Crippen LogP contribution is -2.36. The molecule has 0 aromatic carbocycles. The molecule has 26 heavy (non-hydrogen) atoms. The molecule has 0 aromatic rings. The number of rotatable bonds is 14. The van der Waals surface area contributed by atoms with Crippen LogP contribution in [-0.4, -0.2) is 75.6 Å². The molecular weight excluding hydrogens is 352 g/mol.